The van der Waals surface area contributed by atoms with Crippen molar-refractivity contribution >= 4 is 40.4 Å². The summed E-state index contributed by atoms with van der Waals surface area (Å²) in [6.45, 7) is 4.19. The van der Waals surface area contributed by atoms with Crippen molar-refractivity contribution in [2.24, 2.45) is 4.99 Å². The number of nitrogens with one attached hydrogen (secondary N) is 1. The molecule has 1 atom stereocenters. The van der Waals surface area contributed by atoms with E-state index >= 15 is 0 Å². The Morgan fingerprint density at radius 2 is 1.85 bits per heavy atom. The Morgan fingerprint density at radius 1 is 1.11 bits per heavy atom. The quantitative estimate of drug-likeness (QED) is 0.770. The minimum Gasteiger partial charge on any atom is -0.386 e. The van der Waals surface area contributed by atoms with Crippen LogP contribution in [0.5, 0.6) is 0 Å². The zero-order chi connectivity index (χ0) is 19.2. The standard InChI is InChI=1S/C21H19Cl2N3O/c1-21(2,27)15-4-3-5-17(12-15)25-11-10-18-24-19(20(23)26(18)13-25)14-6-8-16(22)9-7-14/h3-12,27H,13H2,1-2H3/p+1. The van der Waals surface area contributed by atoms with Crippen molar-refractivity contribution in [3.63, 3.8) is 0 Å². The van der Waals surface area contributed by atoms with E-state index in [9.17, 15) is 5.11 Å². The lowest BCUT2D eigenvalue weighted by Crippen LogP contribution is -3.13. The van der Waals surface area contributed by atoms with E-state index in [1.165, 1.54) is 0 Å². The average Bonchev–Trinajstić information content (AvgIpc) is 2.98. The molecule has 0 radical (unpaired) electrons. The van der Waals surface area contributed by atoms with Crippen LogP contribution in [0, 0.1) is 0 Å². The first-order valence-electron chi connectivity index (χ1n) is 8.72. The summed E-state index contributed by atoms with van der Waals surface area (Å²) in [7, 11) is 0. The maximum absolute atomic E-state index is 10.3. The van der Waals surface area contributed by atoms with E-state index < -0.39 is 5.60 Å². The molecule has 4 nitrogen and oxygen atoms in total. The number of hydrogen-bond acceptors (Lipinski definition) is 3. The lowest BCUT2D eigenvalue weighted by atomic mass is 9.98. The second kappa shape index (κ2) is 6.80. The fourth-order valence-corrected chi connectivity index (χ4v) is 3.64. The minimum absolute atomic E-state index is 0.626. The van der Waals surface area contributed by atoms with Gasteiger partial charge in [-0.15, -0.1) is 0 Å². The Kier molecular flexibility index (Phi) is 4.60. The molecule has 2 aromatic carbocycles. The van der Waals surface area contributed by atoms with Gasteiger partial charge in [0, 0.05) is 28.5 Å². The van der Waals surface area contributed by atoms with Crippen LogP contribution in [0.15, 0.2) is 71.0 Å². The van der Waals surface area contributed by atoms with E-state index in [2.05, 4.69) is 4.90 Å². The Hall–Kier alpha value is -2.11. The molecule has 0 amide bonds. The van der Waals surface area contributed by atoms with Gasteiger partial charge in [-0.3, -0.25) is 4.90 Å². The van der Waals surface area contributed by atoms with Crippen molar-refractivity contribution < 1.29 is 10.0 Å². The van der Waals surface area contributed by atoms with Gasteiger partial charge in [0.15, 0.2) is 12.4 Å². The number of amidine groups is 1. The molecule has 0 fully saturated rings. The zero-order valence-corrected chi connectivity index (χ0v) is 16.6. The number of aliphatic hydroxyl groups is 1. The van der Waals surface area contributed by atoms with Crippen LogP contribution in [0.4, 0.5) is 5.69 Å². The molecule has 27 heavy (non-hydrogen) atoms. The maximum atomic E-state index is 10.3. The van der Waals surface area contributed by atoms with Gasteiger partial charge in [0.1, 0.15) is 0 Å². The molecule has 6 heteroatoms. The molecule has 0 spiro atoms. The summed E-state index contributed by atoms with van der Waals surface area (Å²) in [5, 5.41) is 11.6. The summed E-state index contributed by atoms with van der Waals surface area (Å²) < 4.78 is 0. The van der Waals surface area contributed by atoms with Gasteiger partial charge in [-0.25, -0.2) is 4.90 Å². The Balaban J connectivity index is 1.63. The van der Waals surface area contributed by atoms with Gasteiger partial charge in [-0.05, 0) is 55.3 Å². The van der Waals surface area contributed by atoms with E-state index in [1.54, 1.807) is 13.8 Å². The van der Waals surface area contributed by atoms with Crippen molar-refractivity contribution in [3.05, 3.63) is 82.1 Å². The molecule has 2 aliphatic rings. The van der Waals surface area contributed by atoms with Gasteiger partial charge >= 0.3 is 0 Å². The van der Waals surface area contributed by atoms with Gasteiger partial charge in [0.2, 0.25) is 11.0 Å². The van der Waals surface area contributed by atoms with Gasteiger partial charge < -0.3 is 5.11 Å². The van der Waals surface area contributed by atoms with E-state index in [1.807, 2.05) is 60.8 Å². The molecule has 2 aromatic rings. The van der Waals surface area contributed by atoms with Crippen molar-refractivity contribution in [1.29, 1.82) is 0 Å². The highest BCUT2D eigenvalue weighted by molar-refractivity contribution is 6.33. The topological polar surface area (TPSA) is 40.3 Å². The smallest absolute Gasteiger partial charge is 0.235 e. The molecule has 4 rings (SSSR count). The number of quaternary nitrogens is 1. The van der Waals surface area contributed by atoms with Gasteiger partial charge in [-0.1, -0.05) is 35.9 Å². The second-order valence-electron chi connectivity index (χ2n) is 7.20. The minimum atomic E-state index is -0.887. The molecular formula is C21H20Cl2N3O+. The van der Waals surface area contributed by atoms with Crippen LogP contribution in [-0.2, 0) is 5.60 Å². The summed E-state index contributed by atoms with van der Waals surface area (Å²) in [4.78, 5) is 7.81. The molecule has 0 saturated carbocycles. The largest absolute Gasteiger partial charge is 0.386 e. The molecule has 2 aliphatic heterocycles. The predicted molar refractivity (Wildman–Crippen MR) is 111 cm³/mol. The molecule has 138 valence electrons. The van der Waals surface area contributed by atoms with E-state index in [0.717, 1.165) is 33.2 Å². The second-order valence-corrected chi connectivity index (χ2v) is 8.01. The highest BCUT2D eigenvalue weighted by Gasteiger charge is 2.35. The third-order valence-electron chi connectivity index (χ3n) is 4.76. The SMILES string of the molecule is CC(C)(O)c1cccc(N2C=CC3=NC(c4ccc(Cl)cc4)=C(Cl)[NH+]3C2)c1. The van der Waals surface area contributed by atoms with Gasteiger partial charge in [0.25, 0.3) is 0 Å². The number of fused-ring (bicyclic) bond motifs is 1. The first-order valence-corrected chi connectivity index (χ1v) is 9.47. The summed E-state index contributed by atoms with van der Waals surface area (Å²) >= 11 is 12.7. The van der Waals surface area contributed by atoms with Crippen molar-refractivity contribution in [1.82, 2.24) is 0 Å². The molecule has 0 saturated heterocycles. The van der Waals surface area contributed by atoms with Crippen LogP contribution in [0.2, 0.25) is 5.02 Å². The summed E-state index contributed by atoms with van der Waals surface area (Å²) in [6.07, 6.45) is 3.97. The summed E-state index contributed by atoms with van der Waals surface area (Å²) in [6, 6.07) is 15.4. The number of nitrogens with zero attached hydrogens (tertiary/aromatic N) is 2. The molecular weight excluding hydrogens is 381 g/mol. The number of halogens is 2. The number of hydrogen-bond donors (Lipinski definition) is 2. The Bertz CT molecular complexity index is 972. The highest BCUT2D eigenvalue weighted by Crippen LogP contribution is 2.28. The van der Waals surface area contributed by atoms with Crippen LogP contribution in [0.25, 0.3) is 5.70 Å². The average molecular weight is 401 g/mol. The molecule has 0 bridgehead atoms. The van der Waals surface area contributed by atoms with Crippen LogP contribution >= 0.6 is 23.2 Å². The molecule has 2 N–H and O–H groups in total. The predicted octanol–water partition coefficient (Wildman–Crippen LogP) is 3.72. The first-order chi connectivity index (χ1) is 12.8. The van der Waals surface area contributed by atoms with E-state index in [-0.39, 0.29) is 0 Å². The maximum Gasteiger partial charge on any atom is 0.235 e. The third-order valence-corrected chi connectivity index (χ3v) is 5.42. The normalized spacial score (nSPS) is 19.4. The van der Waals surface area contributed by atoms with Gasteiger partial charge in [0.05, 0.1) is 5.60 Å². The molecule has 0 aromatic heterocycles. The number of rotatable bonds is 3. The number of anilines is 1. The monoisotopic (exact) mass is 400 g/mol. The number of benzene rings is 2. The zero-order valence-electron chi connectivity index (χ0n) is 15.1. The summed E-state index contributed by atoms with van der Waals surface area (Å²) in [5.74, 6) is 0.889. The van der Waals surface area contributed by atoms with Crippen LogP contribution in [0.1, 0.15) is 25.0 Å². The van der Waals surface area contributed by atoms with Crippen LogP contribution in [-0.4, -0.2) is 17.6 Å². The Labute approximate surface area is 168 Å². The van der Waals surface area contributed by atoms with Crippen molar-refractivity contribution in [3.8, 4) is 0 Å². The lowest BCUT2D eigenvalue weighted by molar-refractivity contribution is -0.749. The first kappa shape index (κ1) is 18.3. The molecule has 1 unspecified atom stereocenters. The highest BCUT2D eigenvalue weighted by atomic mass is 35.5. The van der Waals surface area contributed by atoms with Crippen molar-refractivity contribution in [2.75, 3.05) is 11.6 Å². The lowest BCUT2D eigenvalue weighted by Gasteiger charge is -2.28. The summed E-state index contributed by atoms with van der Waals surface area (Å²) in [5.41, 5.74) is 2.70. The van der Waals surface area contributed by atoms with E-state index in [4.69, 9.17) is 28.2 Å². The molecule has 0 aliphatic carbocycles. The number of aliphatic imine (C=N–C) groups is 1. The fourth-order valence-electron chi connectivity index (χ4n) is 3.21. The van der Waals surface area contributed by atoms with Gasteiger partial charge in [-0.2, -0.15) is 4.99 Å². The van der Waals surface area contributed by atoms with Crippen molar-refractivity contribution in [2.45, 2.75) is 19.4 Å². The third kappa shape index (κ3) is 3.54. The molecule has 2 heterocycles. The fraction of sp³-hybridized carbons (Fsp3) is 0.190. The van der Waals surface area contributed by atoms with E-state index in [0.29, 0.717) is 16.8 Å². The van der Waals surface area contributed by atoms with Crippen LogP contribution in [0.3, 0.4) is 0 Å². The Morgan fingerprint density at radius 3 is 2.56 bits per heavy atom. The van der Waals surface area contributed by atoms with Crippen LogP contribution < -0.4 is 9.80 Å².